The van der Waals surface area contributed by atoms with Crippen LogP contribution in [0.1, 0.15) is 19.4 Å². The fourth-order valence-electron chi connectivity index (χ4n) is 1.52. The molecule has 1 aromatic carbocycles. The zero-order chi connectivity index (χ0) is 14.5. The Morgan fingerprint density at radius 1 is 1.11 bits per heavy atom. The lowest BCUT2D eigenvalue weighted by Crippen LogP contribution is -2.26. The maximum atomic E-state index is 5.82. The normalized spacial score (nSPS) is 13.1. The van der Waals surface area contributed by atoms with E-state index in [1.165, 1.54) is 0 Å². The van der Waals surface area contributed by atoms with Gasteiger partial charge < -0.3 is 13.9 Å². The minimum Gasteiger partial charge on any atom is -0.518 e. The second-order valence-electron chi connectivity index (χ2n) is 5.85. The first-order valence-electron chi connectivity index (χ1n) is 6.41. The fraction of sp³-hybridized carbons (Fsp3) is 0.467. The molecule has 0 heterocycles. The molecule has 0 radical (unpaired) electrons. The van der Waals surface area contributed by atoms with Crippen molar-refractivity contribution in [3.63, 3.8) is 0 Å². The van der Waals surface area contributed by atoms with Crippen LogP contribution in [-0.4, -0.2) is 15.4 Å². The van der Waals surface area contributed by atoms with Crippen molar-refractivity contribution >= 4 is 8.32 Å². The maximum absolute atomic E-state index is 5.82. The van der Waals surface area contributed by atoms with Crippen molar-refractivity contribution in [2.24, 2.45) is 0 Å². The molecule has 0 amide bonds. The predicted molar refractivity (Wildman–Crippen MR) is 80.1 cm³/mol. The minimum atomic E-state index is -1.69. The van der Waals surface area contributed by atoms with E-state index >= 15 is 0 Å². The summed E-state index contributed by atoms with van der Waals surface area (Å²) in [6, 6.07) is 10.1. The summed E-state index contributed by atoms with van der Waals surface area (Å²) in [5.74, 6) is 0.433. The Balaban J connectivity index is 2.77. The van der Waals surface area contributed by atoms with E-state index in [2.05, 4.69) is 19.6 Å². The van der Waals surface area contributed by atoms with Gasteiger partial charge in [-0.3, -0.25) is 0 Å². The van der Waals surface area contributed by atoms with Gasteiger partial charge in [0.05, 0.1) is 7.11 Å². The third-order valence-electron chi connectivity index (χ3n) is 2.53. The molecule has 0 fully saturated rings. The molecule has 0 bridgehead atoms. The van der Waals surface area contributed by atoms with E-state index in [9.17, 15) is 0 Å². The molecular weight excluding hydrogens is 256 g/mol. The SMILES string of the molecule is CO/C(=C/OC(C)(C)c1ccccc1)O[Si](C)(C)C. The van der Waals surface area contributed by atoms with Crippen molar-refractivity contribution in [3.8, 4) is 0 Å². The van der Waals surface area contributed by atoms with Gasteiger partial charge >= 0.3 is 5.95 Å². The lowest BCUT2D eigenvalue weighted by atomic mass is 9.98. The second kappa shape index (κ2) is 6.15. The van der Waals surface area contributed by atoms with E-state index in [-0.39, 0.29) is 0 Å². The number of hydrogen-bond donors (Lipinski definition) is 0. The molecule has 0 saturated heterocycles. The smallest absolute Gasteiger partial charge is 0.301 e. The van der Waals surface area contributed by atoms with E-state index in [4.69, 9.17) is 13.9 Å². The Morgan fingerprint density at radius 2 is 1.68 bits per heavy atom. The number of benzene rings is 1. The largest absolute Gasteiger partial charge is 0.518 e. The zero-order valence-corrected chi connectivity index (χ0v) is 13.7. The van der Waals surface area contributed by atoms with Crippen LogP contribution in [0.15, 0.2) is 42.5 Å². The number of hydrogen-bond acceptors (Lipinski definition) is 3. The zero-order valence-electron chi connectivity index (χ0n) is 12.7. The van der Waals surface area contributed by atoms with Crippen LogP contribution < -0.4 is 0 Å². The van der Waals surface area contributed by atoms with Gasteiger partial charge in [0.25, 0.3) is 0 Å². The molecule has 0 aliphatic heterocycles. The molecule has 0 spiro atoms. The van der Waals surface area contributed by atoms with Gasteiger partial charge in [-0.15, -0.1) is 0 Å². The van der Waals surface area contributed by atoms with E-state index in [1.54, 1.807) is 13.4 Å². The van der Waals surface area contributed by atoms with Crippen molar-refractivity contribution in [2.45, 2.75) is 39.1 Å². The van der Waals surface area contributed by atoms with E-state index < -0.39 is 13.9 Å². The van der Waals surface area contributed by atoms with Gasteiger partial charge in [0.1, 0.15) is 5.60 Å². The highest BCUT2D eigenvalue weighted by atomic mass is 28.4. The predicted octanol–water partition coefficient (Wildman–Crippen LogP) is 4.24. The topological polar surface area (TPSA) is 27.7 Å². The summed E-state index contributed by atoms with van der Waals surface area (Å²) >= 11 is 0. The standard InChI is InChI=1S/C15H24O3Si/c1-15(2,13-10-8-7-9-11-13)17-12-14(16-3)18-19(4,5)6/h7-12H,1-6H3/b14-12-. The number of ether oxygens (including phenoxy) is 2. The molecule has 1 rings (SSSR count). The van der Waals surface area contributed by atoms with Gasteiger partial charge in [0.15, 0.2) is 6.26 Å². The molecule has 0 unspecified atom stereocenters. The maximum Gasteiger partial charge on any atom is 0.301 e. The highest BCUT2D eigenvalue weighted by Crippen LogP contribution is 2.25. The molecule has 0 saturated carbocycles. The van der Waals surface area contributed by atoms with Crippen molar-refractivity contribution in [1.29, 1.82) is 0 Å². The summed E-state index contributed by atoms with van der Waals surface area (Å²) < 4.78 is 16.8. The average molecular weight is 280 g/mol. The molecule has 4 heteroatoms. The molecule has 19 heavy (non-hydrogen) atoms. The van der Waals surface area contributed by atoms with E-state index in [1.807, 2.05) is 44.2 Å². The molecule has 3 nitrogen and oxygen atoms in total. The molecule has 0 aliphatic carbocycles. The van der Waals surface area contributed by atoms with Crippen molar-refractivity contribution in [2.75, 3.05) is 7.11 Å². The van der Waals surface area contributed by atoms with Crippen LogP contribution in [0, 0.1) is 0 Å². The molecular formula is C15H24O3Si. The van der Waals surface area contributed by atoms with Gasteiger partial charge in [-0.25, -0.2) is 0 Å². The van der Waals surface area contributed by atoms with E-state index in [0.717, 1.165) is 5.56 Å². The molecule has 0 atom stereocenters. The lowest BCUT2D eigenvalue weighted by Gasteiger charge is -2.26. The van der Waals surface area contributed by atoms with Crippen LogP contribution in [0.2, 0.25) is 19.6 Å². The van der Waals surface area contributed by atoms with Crippen molar-refractivity contribution in [1.82, 2.24) is 0 Å². The second-order valence-corrected chi connectivity index (χ2v) is 10.3. The summed E-state index contributed by atoms with van der Waals surface area (Å²) in [6.07, 6.45) is 1.56. The minimum absolute atomic E-state index is 0.423. The third-order valence-corrected chi connectivity index (χ3v) is 3.34. The molecule has 0 aliphatic rings. The number of methoxy groups -OCH3 is 1. The summed E-state index contributed by atoms with van der Waals surface area (Å²) in [4.78, 5) is 0. The lowest BCUT2D eigenvalue weighted by molar-refractivity contribution is 0.0303. The van der Waals surface area contributed by atoms with Crippen LogP contribution in [0.5, 0.6) is 0 Å². The number of rotatable bonds is 6. The van der Waals surface area contributed by atoms with Gasteiger partial charge in [-0.05, 0) is 39.1 Å². The molecule has 106 valence electrons. The van der Waals surface area contributed by atoms with Gasteiger partial charge in [0.2, 0.25) is 8.32 Å². The van der Waals surface area contributed by atoms with Crippen LogP contribution in [-0.2, 0) is 19.5 Å². The Labute approximate surface area is 117 Å². The van der Waals surface area contributed by atoms with E-state index in [0.29, 0.717) is 5.95 Å². The van der Waals surface area contributed by atoms with Gasteiger partial charge in [0, 0.05) is 0 Å². The monoisotopic (exact) mass is 280 g/mol. The third kappa shape index (κ3) is 5.38. The molecule has 0 aromatic heterocycles. The van der Waals surface area contributed by atoms with Crippen LogP contribution >= 0.6 is 0 Å². The Morgan fingerprint density at radius 3 is 2.16 bits per heavy atom. The Bertz CT molecular complexity index is 419. The quantitative estimate of drug-likeness (QED) is 0.576. The first kappa shape index (κ1) is 15.6. The average Bonchev–Trinajstić information content (AvgIpc) is 2.34. The van der Waals surface area contributed by atoms with Crippen molar-refractivity contribution < 1.29 is 13.9 Å². The first-order chi connectivity index (χ1) is 8.74. The Hall–Kier alpha value is -1.42. The fourth-order valence-corrected chi connectivity index (χ4v) is 2.25. The van der Waals surface area contributed by atoms with Gasteiger partial charge in [-0.1, -0.05) is 30.3 Å². The Kier molecular flexibility index (Phi) is 5.06. The molecule has 0 N–H and O–H groups in total. The summed E-state index contributed by atoms with van der Waals surface area (Å²) in [5, 5.41) is 0. The first-order valence-corrected chi connectivity index (χ1v) is 9.82. The van der Waals surface area contributed by atoms with Gasteiger partial charge in [-0.2, -0.15) is 0 Å². The summed E-state index contributed by atoms with van der Waals surface area (Å²) in [5.41, 5.74) is 0.683. The highest BCUT2D eigenvalue weighted by Gasteiger charge is 2.23. The summed E-state index contributed by atoms with van der Waals surface area (Å²) in [6.45, 7) is 10.3. The summed E-state index contributed by atoms with van der Waals surface area (Å²) in [7, 11) is -0.102. The highest BCUT2D eigenvalue weighted by molar-refractivity contribution is 6.69. The molecule has 1 aromatic rings. The van der Waals surface area contributed by atoms with Crippen LogP contribution in [0.3, 0.4) is 0 Å². The van der Waals surface area contributed by atoms with Crippen molar-refractivity contribution in [3.05, 3.63) is 48.1 Å². The van der Waals surface area contributed by atoms with Crippen LogP contribution in [0.4, 0.5) is 0 Å². The van der Waals surface area contributed by atoms with Crippen LogP contribution in [0.25, 0.3) is 0 Å².